The molecule has 1 aromatic carbocycles. The first-order valence-electron chi connectivity index (χ1n) is 6.20. The molecule has 0 saturated carbocycles. The number of amides is 1. The van der Waals surface area contributed by atoms with Gasteiger partial charge < -0.3 is 10.2 Å². The maximum Gasteiger partial charge on any atom is 0.224 e. The zero-order chi connectivity index (χ0) is 12.7. The van der Waals surface area contributed by atoms with Gasteiger partial charge in [0.2, 0.25) is 5.91 Å². The molecule has 3 nitrogen and oxygen atoms in total. The predicted molar refractivity (Wildman–Crippen MR) is 73.5 cm³/mol. The second-order valence-corrected chi connectivity index (χ2v) is 4.45. The van der Waals surface area contributed by atoms with Gasteiger partial charge in [0.25, 0.3) is 0 Å². The summed E-state index contributed by atoms with van der Waals surface area (Å²) in [5.41, 5.74) is 2.01. The van der Waals surface area contributed by atoms with Gasteiger partial charge >= 0.3 is 0 Å². The van der Waals surface area contributed by atoms with Gasteiger partial charge in [-0.15, -0.1) is 0 Å². The highest BCUT2D eigenvalue weighted by molar-refractivity contribution is 5.90. The Morgan fingerprint density at radius 3 is 2.35 bits per heavy atom. The molecule has 1 aromatic rings. The maximum atomic E-state index is 11.6. The van der Waals surface area contributed by atoms with Crippen molar-refractivity contribution in [2.24, 2.45) is 0 Å². The van der Waals surface area contributed by atoms with Gasteiger partial charge in [0.05, 0.1) is 0 Å². The van der Waals surface area contributed by atoms with Gasteiger partial charge in [0, 0.05) is 31.9 Å². The summed E-state index contributed by atoms with van der Waals surface area (Å²) >= 11 is 0. The Kier molecular flexibility index (Phi) is 5.53. The van der Waals surface area contributed by atoms with Crippen LogP contribution < -0.4 is 10.2 Å². The quantitative estimate of drug-likeness (QED) is 0.766. The topological polar surface area (TPSA) is 32.3 Å². The lowest BCUT2D eigenvalue weighted by atomic mass is 10.2. The van der Waals surface area contributed by atoms with Crippen molar-refractivity contribution >= 4 is 17.3 Å². The van der Waals surface area contributed by atoms with E-state index in [1.54, 1.807) is 0 Å². The third kappa shape index (κ3) is 4.89. The number of nitrogens with zero attached hydrogens (tertiary/aromatic N) is 1. The minimum absolute atomic E-state index is 0.107. The van der Waals surface area contributed by atoms with Gasteiger partial charge in [-0.2, -0.15) is 0 Å². The summed E-state index contributed by atoms with van der Waals surface area (Å²) in [4.78, 5) is 13.6. The zero-order valence-electron chi connectivity index (χ0n) is 11.0. The van der Waals surface area contributed by atoms with Crippen molar-refractivity contribution in [3.8, 4) is 0 Å². The second kappa shape index (κ2) is 6.94. The van der Waals surface area contributed by atoms with Crippen LogP contribution in [-0.4, -0.2) is 20.0 Å². The molecule has 0 aliphatic carbocycles. The molecule has 94 valence electrons. The van der Waals surface area contributed by atoms with Gasteiger partial charge in [0.15, 0.2) is 0 Å². The fraction of sp³-hybridized carbons (Fsp3) is 0.500. The Bertz CT molecular complexity index is 344. The zero-order valence-corrected chi connectivity index (χ0v) is 11.0. The lowest BCUT2D eigenvalue weighted by molar-refractivity contribution is -0.116. The smallest absolute Gasteiger partial charge is 0.224 e. The molecule has 0 radical (unpaired) electrons. The number of carbonyl (C=O) groups excluding carboxylic acids is 1. The van der Waals surface area contributed by atoms with E-state index in [1.165, 1.54) is 0 Å². The average Bonchev–Trinajstić information content (AvgIpc) is 2.30. The minimum atomic E-state index is 0.107. The van der Waals surface area contributed by atoms with Gasteiger partial charge in [-0.05, 0) is 30.7 Å². The van der Waals surface area contributed by atoms with Crippen molar-refractivity contribution in [3.05, 3.63) is 24.3 Å². The van der Waals surface area contributed by atoms with E-state index in [9.17, 15) is 4.79 Å². The first kappa shape index (κ1) is 13.6. The molecule has 0 fully saturated rings. The number of benzene rings is 1. The van der Waals surface area contributed by atoms with Crippen molar-refractivity contribution < 1.29 is 4.79 Å². The lowest BCUT2D eigenvalue weighted by Crippen LogP contribution is -2.12. The van der Waals surface area contributed by atoms with Gasteiger partial charge in [0.1, 0.15) is 0 Å². The van der Waals surface area contributed by atoms with Crippen LogP contribution in [0.4, 0.5) is 11.4 Å². The van der Waals surface area contributed by atoms with Crippen LogP contribution in [-0.2, 0) is 4.79 Å². The Balaban J connectivity index is 2.43. The monoisotopic (exact) mass is 234 g/mol. The summed E-state index contributed by atoms with van der Waals surface area (Å²) in [5.74, 6) is 0.107. The molecule has 0 aromatic heterocycles. The Hall–Kier alpha value is -1.51. The molecular formula is C14H22N2O. The van der Waals surface area contributed by atoms with Crippen LogP contribution in [0.25, 0.3) is 0 Å². The number of unbranched alkanes of at least 4 members (excludes halogenated alkanes) is 2. The molecule has 3 heteroatoms. The largest absolute Gasteiger partial charge is 0.378 e. The number of rotatable bonds is 6. The van der Waals surface area contributed by atoms with E-state index in [0.29, 0.717) is 6.42 Å². The number of hydrogen-bond acceptors (Lipinski definition) is 2. The second-order valence-electron chi connectivity index (χ2n) is 4.45. The molecule has 1 amide bonds. The molecular weight excluding hydrogens is 212 g/mol. The van der Waals surface area contributed by atoms with Crippen LogP contribution in [0.2, 0.25) is 0 Å². The van der Waals surface area contributed by atoms with Crippen LogP contribution >= 0.6 is 0 Å². The molecule has 0 saturated heterocycles. The minimum Gasteiger partial charge on any atom is -0.378 e. The van der Waals surface area contributed by atoms with E-state index in [4.69, 9.17) is 0 Å². The molecule has 17 heavy (non-hydrogen) atoms. The van der Waals surface area contributed by atoms with Crippen LogP contribution in [0, 0.1) is 0 Å². The molecule has 0 unspecified atom stereocenters. The number of nitrogens with one attached hydrogen (secondary N) is 1. The van der Waals surface area contributed by atoms with E-state index >= 15 is 0 Å². The van der Waals surface area contributed by atoms with E-state index in [0.717, 1.165) is 30.6 Å². The van der Waals surface area contributed by atoms with Crippen molar-refractivity contribution in [1.29, 1.82) is 0 Å². The summed E-state index contributed by atoms with van der Waals surface area (Å²) in [6.07, 6.45) is 3.85. The van der Waals surface area contributed by atoms with Crippen molar-refractivity contribution in [2.75, 3.05) is 24.3 Å². The summed E-state index contributed by atoms with van der Waals surface area (Å²) in [5, 5.41) is 2.91. The summed E-state index contributed by atoms with van der Waals surface area (Å²) in [6.45, 7) is 2.14. The molecule has 0 bridgehead atoms. The average molecular weight is 234 g/mol. The molecule has 0 atom stereocenters. The highest BCUT2D eigenvalue weighted by Gasteiger charge is 2.02. The first-order chi connectivity index (χ1) is 8.13. The van der Waals surface area contributed by atoms with Gasteiger partial charge in [-0.1, -0.05) is 19.8 Å². The van der Waals surface area contributed by atoms with E-state index in [2.05, 4.69) is 12.2 Å². The first-order valence-corrected chi connectivity index (χ1v) is 6.20. The molecule has 1 rings (SSSR count). The molecule has 0 aliphatic heterocycles. The normalized spacial score (nSPS) is 10.1. The summed E-state index contributed by atoms with van der Waals surface area (Å²) in [7, 11) is 4.00. The maximum absolute atomic E-state index is 11.6. The SMILES string of the molecule is CCCCCC(=O)Nc1ccc(N(C)C)cc1. The Morgan fingerprint density at radius 1 is 1.18 bits per heavy atom. The number of hydrogen-bond donors (Lipinski definition) is 1. The predicted octanol–water partition coefficient (Wildman–Crippen LogP) is 3.27. The lowest BCUT2D eigenvalue weighted by Gasteiger charge is -2.13. The Morgan fingerprint density at radius 2 is 1.82 bits per heavy atom. The van der Waals surface area contributed by atoms with Crippen molar-refractivity contribution in [1.82, 2.24) is 0 Å². The number of anilines is 2. The van der Waals surface area contributed by atoms with Crippen LogP contribution in [0.5, 0.6) is 0 Å². The molecule has 1 N–H and O–H groups in total. The van der Waals surface area contributed by atoms with Gasteiger partial charge in [-0.25, -0.2) is 0 Å². The van der Waals surface area contributed by atoms with E-state index in [1.807, 2.05) is 43.3 Å². The summed E-state index contributed by atoms with van der Waals surface area (Å²) < 4.78 is 0. The standard InChI is InChI=1S/C14H22N2O/c1-4-5-6-7-14(17)15-12-8-10-13(11-9-12)16(2)3/h8-11H,4-7H2,1-3H3,(H,15,17). The third-order valence-corrected chi connectivity index (χ3v) is 2.67. The third-order valence-electron chi connectivity index (χ3n) is 2.67. The van der Waals surface area contributed by atoms with Crippen LogP contribution in [0.1, 0.15) is 32.6 Å². The van der Waals surface area contributed by atoms with E-state index < -0.39 is 0 Å². The fourth-order valence-electron chi connectivity index (χ4n) is 1.60. The van der Waals surface area contributed by atoms with Crippen LogP contribution in [0.15, 0.2) is 24.3 Å². The van der Waals surface area contributed by atoms with Gasteiger partial charge in [-0.3, -0.25) is 4.79 Å². The highest BCUT2D eigenvalue weighted by atomic mass is 16.1. The molecule has 0 spiro atoms. The number of carbonyl (C=O) groups is 1. The van der Waals surface area contributed by atoms with Crippen molar-refractivity contribution in [3.63, 3.8) is 0 Å². The molecule has 0 heterocycles. The van der Waals surface area contributed by atoms with E-state index in [-0.39, 0.29) is 5.91 Å². The molecule has 0 aliphatic rings. The fourth-order valence-corrected chi connectivity index (χ4v) is 1.60. The summed E-state index contributed by atoms with van der Waals surface area (Å²) in [6, 6.07) is 7.88. The highest BCUT2D eigenvalue weighted by Crippen LogP contribution is 2.16. The van der Waals surface area contributed by atoms with Crippen molar-refractivity contribution in [2.45, 2.75) is 32.6 Å². The Labute approximate surface area is 104 Å². The van der Waals surface area contributed by atoms with Crippen LogP contribution in [0.3, 0.4) is 0 Å².